The topological polar surface area (TPSA) is 52.2 Å². The molecule has 2 heterocycles. The molecule has 3 N–H and O–H groups in total. The molecule has 2 aromatic carbocycles. The van der Waals surface area contributed by atoms with Gasteiger partial charge in [0.2, 0.25) is 0 Å². The SMILES string of the molecule is CC(=S)NNC1=Nc2ccccc2-c2[nH]c3ccc(Br)cc3c2C1. The van der Waals surface area contributed by atoms with Crippen LogP contribution in [0, 0.1) is 0 Å². The first-order valence-electron chi connectivity index (χ1n) is 7.61. The predicted octanol–water partition coefficient (Wildman–Crippen LogP) is 4.63. The van der Waals surface area contributed by atoms with Crippen LogP contribution in [0.5, 0.6) is 0 Å². The maximum atomic E-state index is 5.09. The van der Waals surface area contributed by atoms with E-state index in [-0.39, 0.29) is 0 Å². The summed E-state index contributed by atoms with van der Waals surface area (Å²) in [5, 5.41) is 1.20. The van der Waals surface area contributed by atoms with Gasteiger partial charge >= 0.3 is 0 Å². The minimum atomic E-state index is 0.678. The molecule has 1 aliphatic heterocycles. The Morgan fingerprint density at radius 1 is 1.25 bits per heavy atom. The van der Waals surface area contributed by atoms with Gasteiger partial charge in [-0.1, -0.05) is 46.3 Å². The molecule has 4 nitrogen and oxygen atoms in total. The van der Waals surface area contributed by atoms with E-state index in [4.69, 9.17) is 17.2 Å². The van der Waals surface area contributed by atoms with Crippen LogP contribution in [0.4, 0.5) is 5.69 Å². The second-order valence-electron chi connectivity index (χ2n) is 5.73. The van der Waals surface area contributed by atoms with E-state index >= 15 is 0 Å². The summed E-state index contributed by atoms with van der Waals surface area (Å²) in [6.45, 7) is 1.84. The fourth-order valence-corrected chi connectivity index (χ4v) is 3.41. The molecule has 0 atom stereocenters. The first kappa shape index (κ1) is 15.4. The molecule has 0 saturated heterocycles. The van der Waals surface area contributed by atoms with Crippen LogP contribution >= 0.6 is 28.1 Å². The number of halogens is 1. The molecule has 4 rings (SSSR count). The Morgan fingerprint density at radius 2 is 2.08 bits per heavy atom. The minimum absolute atomic E-state index is 0.678. The number of nitrogens with zero attached hydrogens (tertiary/aromatic N) is 1. The Labute approximate surface area is 153 Å². The van der Waals surface area contributed by atoms with Gasteiger partial charge < -0.3 is 4.98 Å². The Hall–Kier alpha value is -2.18. The van der Waals surface area contributed by atoms with Crippen LogP contribution in [0.2, 0.25) is 0 Å². The van der Waals surface area contributed by atoms with Gasteiger partial charge in [0.15, 0.2) is 0 Å². The van der Waals surface area contributed by atoms with Crippen LogP contribution in [0.1, 0.15) is 12.5 Å². The number of amidine groups is 1. The number of para-hydroxylation sites is 1. The average Bonchev–Trinajstić information content (AvgIpc) is 2.82. The lowest BCUT2D eigenvalue weighted by molar-refractivity contribution is 0.856. The smallest absolute Gasteiger partial charge is 0.125 e. The second-order valence-corrected chi connectivity index (χ2v) is 7.26. The Bertz CT molecular complexity index is 990. The van der Waals surface area contributed by atoms with Crippen LogP contribution in [0.25, 0.3) is 22.2 Å². The quantitative estimate of drug-likeness (QED) is 0.382. The number of hydrogen-bond donors (Lipinski definition) is 3. The molecule has 1 aromatic heterocycles. The average molecular weight is 399 g/mol. The zero-order valence-electron chi connectivity index (χ0n) is 13.0. The van der Waals surface area contributed by atoms with Gasteiger partial charge in [0.25, 0.3) is 0 Å². The Balaban J connectivity index is 1.92. The van der Waals surface area contributed by atoms with Crippen molar-refractivity contribution in [2.75, 3.05) is 0 Å². The molecule has 1 aliphatic rings. The van der Waals surface area contributed by atoms with Gasteiger partial charge in [0, 0.05) is 27.4 Å². The zero-order chi connectivity index (χ0) is 16.7. The summed E-state index contributed by atoms with van der Waals surface area (Å²) in [4.78, 5) is 9.01. The number of aliphatic imine (C=N–C) groups is 1. The molecule has 3 aromatic rings. The third-order valence-corrected chi connectivity index (χ3v) is 4.62. The Kier molecular flexibility index (Phi) is 3.86. The predicted molar refractivity (Wildman–Crippen MR) is 107 cm³/mol. The Morgan fingerprint density at radius 3 is 2.92 bits per heavy atom. The lowest BCUT2D eigenvalue weighted by Gasteiger charge is -2.10. The molecule has 0 radical (unpaired) electrons. The van der Waals surface area contributed by atoms with E-state index in [0.29, 0.717) is 11.4 Å². The third-order valence-electron chi connectivity index (χ3n) is 4.02. The van der Waals surface area contributed by atoms with E-state index in [1.807, 2.05) is 31.2 Å². The van der Waals surface area contributed by atoms with Crippen molar-refractivity contribution >= 4 is 55.6 Å². The van der Waals surface area contributed by atoms with Crippen molar-refractivity contribution in [1.82, 2.24) is 15.8 Å². The fraction of sp³-hybridized carbons (Fsp3) is 0.111. The number of thiocarbonyl (C=S) groups is 1. The summed E-state index contributed by atoms with van der Waals surface area (Å²) in [5.41, 5.74) is 11.7. The molecule has 0 unspecified atom stereocenters. The van der Waals surface area contributed by atoms with Crippen LogP contribution in [0.3, 0.4) is 0 Å². The maximum Gasteiger partial charge on any atom is 0.125 e. The fourth-order valence-electron chi connectivity index (χ4n) is 3.00. The molecule has 6 heteroatoms. The van der Waals surface area contributed by atoms with Crippen LogP contribution in [-0.4, -0.2) is 15.8 Å². The highest BCUT2D eigenvalue weighted by molar-refractivity contribution is 9.10. The van der Waals surface area contributed by atoms with Gasteiger partial charge in [-0.15, -0.1) is 0 Å². The monoisotopic (exact) mass is 398 g/mol. The van der Waals surface area contributed by atoms with Crippen molar-refractivity contribution in [2.45, 2.75) is 13.3 Å². The molecule has 0 fully saturated rings. The number of hydrogen-bond acceptors (Lipinski definition) is 3. The molecule has 0 saturated carbocycles. The highest BCUT2D eigenvalue weighted by Crippen LogP contribution is 2.39. The summed E-state index contributed by atoms with van der Waals surface area (Å²) in [7, 11) is 0. The van der Waals surface area contributed by atoms with E-state index in [2.05, 4.69) is 50.0 Å². The van der Waals surface area contributed by atoms with Crippen LogP contribution in [0.15, 0.2) is 51.9 Å². The standard InChI is InChI=1S/C18H15BrN4S/c1-10(24)22-23-17-9-14-13-8-11(19)6-7-16(13)21-18(14)12-4-2-3-5-15(12)20-17/h2-8,21H,9H2,1H3,(H,20,23)(H,22,24). The summed E-state index contributed by atoms with van der Waals surface area (Å²) >= 11 is 8.66. The first-order valence-corrected chi connectivity index (χ1v) is 8.81. The summed E-state index contributed by atoms with van der Waals surface area (Å²) in [5.74, 6) is 0.839. The third kappa shape index (κ3) is 2.72. The van der Waals surface area contributed by atoms with Crippen molar-refractivity contribution in [1.29, 1.82) is 0 Å². The summed E-state index contributed by atoms with van der Waals surface area (Å²) in [6.07, 6.45) is 0.691. The molecule has 24 heavy (non-hydrogen) atoms. The number of hydrazine groups is 1. The minimum Gasteiger partial charge on any atom is -0.354 e. The summed E-state index contributed by atoms with van der Waals surface area (Å²) < 4.78 is 1.06. The number of benzene rings is 2. The second kappa shape index (κ2) is 6.03. The summed E-state index contributed by atoms with van der Waals surface area (Å²) in [6, 6.07) is 14.5. The number of H-pyrrole nitrogens is 1. The van der Waals surface area contributed by atoms with E-state index in [0.717, 1.165) is 32.8 Å². The van der Waals surface area contributed by atoms with E-state index in [1.54, 1.807) is 0 Å². The molecule has 0 aliphatic carbocycles. The largest absolute Gasteiger partial charge is 0.354 e. The molecule has 0 spiro atoms. The van der Waals surface area contributed by atoms with Gasteiger partial charge in [-0.3, -0.25) is 10.9 Å². The number of nitrogens with one attached hydrogen (secondary N) is 3. The van der Waals surface area contributed by atoms with E-state index in [1.165, 1.54) is 10.9 Å². The number of aromatic amines is 1. The van der Waals surface area contributed by atoms with Crippen LogP contribution < -0.4 is 10.9 Å². The van der Waals surface area contributed by atoms with Gasteiger partial charge in [0.1, 0.15) is 5.84 Å². The molecule has 120 valence electrons. The van der Waals surface area contributed by atoms with E-state index < -0.39 is 0 Å². The van der Waals surface area contributed by atoms with Gasteiger partial charge in [-0.25, -0.2) is 4.99 Å². The van der Waals surface area contributed by atoms with Crippen LogP contribution in [-0.2, 0) is 6.42 Å². The lowest BCUT2D eigenvalue weighted by atomic mass is 10.0. The molecule has 0 bridgehead atoms. The van der Waals surface area contributed by atoms with Crippen molar-refractivity contribution in [3.63, 3.8) is 0 Å². The van der Waals surface area contributed by atoms with Crippen molar-refractivity contribution in [3.05, 3.63) is 52.5 Å². The molecule has 0 amide bonds. The number of fused-ring (bicyclic) bond motifs is 5. The lowest BCUT2D eigenvalue weighted by Crippen LogP contribution is -2.40. The maximum absolute atomic E-state index is 5.09. The number of aromatic nitrogens is 1. The molecular weight excluding hydrogens is 384 g/mol. The normalized spacial score (nSPS) is 12.8. The zero-order valence-corrected chi connectivity index (χ0v) is 15.4. The highest BCUT2D eigenvalue weighted by Gasteiger charge is 2.21. The van der Waals surface area contributed by atoms with Crippen molar-refractivity contribution < 1.29 is 0 Å². The van der Waals surface area contributed by atoms with Gasteiger partial charge in [0.05, 0.1) is 16.4 Å². The highest BCUT2D eigenvalue weighted by atomic mass is 79.9. The van der Waals surface area contributed by atoms with E-state index in [9.17, 15) is 0 Å². The van der Waals surface area contributed by atoms with Crippen molar-refractivity contribution in [3.8, 4) is 11.3 Å². The molecular formula is C18H15BrN4S. The first-order chi connectivity index (χ1) is 11.6. The van der Waals surface area contributed by atoms with Crippen molar-refractivity contribution in [2.24, 2.45) is 4.99 Å². The van der Waals surface area contributed by atoms with Gasteiger partial charge in [-0.05, 0) is 36.8 Å². The number of rotatable bonds is 0. The van der Waals surface area contributed by atoms with Gasteiger partial charge in [-0.2, -0.15) is 0 Å².